The van der Waals surface area contributed by atoms with Gasteiger partial charge >= 0.3 is 6.18 Å². The van der Waals surface area contributed by atoms with Crippen molar-refractivity contribution >= 4 is 5.91 Å². The van der Waals surface area contributed by atoms with Crippen molar-refractivity contribution < 1.29 is 27.1 Å². The maximum absolute atomic E-state index is 13.2. The first-order valence-electron chi connectivity index (χ1n) is 7.12. The lowest BCUT2D eigenvalue weighted by atomic mass is 10.0. The van der Waals surface area contributed by atoms with Crippen molar-refractivity contribution in [2.45, 2.75) is 32.5 Å². The van der Waals surface area contributed by atoms with Crippen molar-refractivity contribution in [2.75, 3.05) is 13.2 Å². The summed E-state index contributed by atoms with van der Waals surface area (Å²) in [5.74, 6) is -0.977. The molecular weight excluding hydrogens is 328 g/mol. The molecule has 0 unspecified atom stereocenters. The van der Waals surface area contributed by atoms with Gasteiger partial charge in [0.25, 0.3) is 5.91 Å². The standard InChI is InChI=1S/C16H20F4N2O2/c1-15(2,3)22-14(23)12-5-4-11(6-13(12)16(18,19)20)24-9-10(7-17)8-21/h4-7H,8-9,21H2,1-3H3,(H,22,23)/b10-7+. The predicted molar refractivity (Wildman–Crippen MR) is 82.4 cm³/mol. The summed E-state index contributed by atoms with van der Waals surface area (Å²) in [5.41, 5.74) is 3.03. The Kier molecular flexibility index (Phi) is 6.36. The van der Waals surface area contributed by atoms with Crippen molar-refractivity contribution in [2.24, 2.45) is 5.73 Å². The van der Waals surface area contributed by atoms with E-state index in [1.165, 1.54) is 6.07 Å². The molecular formula is C16H20F4N2O2. The molecule has 4 nitrogen and oxygen atoms in total. The second-order valence-electron chi connectivity index (χ2n) is 6.17. The first-order chi connectivity index (χ1) is 11.0. The number of halogens is 4. The summed E-state index contributed by atoms with van der Waals surface area (Å²) in [4.78, 5) is 12.1. The summed E-state index contributed by atoms with van der Waals surface area (Å²) >= 11 is 0. The molecule has 134 valence electrons. The molecule has 8 heteroatoms. The van der Waals surface area contributed by atoms with Crippen LogP contribution in [0.1, 0.15) is 36.7 Å². The third-order valence-corrected chi connectivity index (χ3v) is 2.87. The highest BCUT2D eigenvalue weighted by molar-refractivity contribution is 5.96. The fourth-order valence-electron chi connectivity index (χ4n) is 1.76. The number of carbonyl (C=O) groups is 1. The van der Waals surface area contributed by atoms with Crippen LogP contribution in [-0.4, -0.2) is 24.6 Å². The molecule has 0 atom stereocenters. The highest BCUT2D eigenvalue weighted by Gasteiger charge is 2.36. The Morgan fingerprint density at radius 2 is 1.92 bits per heavy atom. The van der Waals surface area contributed by atoms with Crippen LogP contribution in [0.25, 0.3) is 0 Å². The second-order valence-corrected chi connectivity index (χ2v) is 6.17. The molecule has 1 aromatic carbocycles. The molecule has 0 radical (unpaired) electrons. The zero-order valence-electron chi connectivity index (χ0n) is 13.6. The van der Waals surface area contributed by atoms with E-state index in [1.807, 2.05) is 0 Å². The Labute approximate surface area is 137 Å². The van der Waals surface area contributed by atoms with Crippen LogP contribution >= 0.6 is 0 Å². The van der Waals surface area contributed by atoms with E-state index in [0.29, 0.717) is 6.07 Å². The van der Waals surface area contributed by atoms with Gasteiger partial charge in [-0.25, -0.2) is 4.39 Å². The molecule has 0 saturated carbocycles. The third-order valence-electron chi connectivity index (χ3n) is 2.87. The van der Waals surface area contributed by atoms with Crippen LogP contribution in [0.2, 0.25) is 0 Å². The fourth-order valence-corrected chi connectivity index (χ4v) is 1.76. The molecule has 1 rings (SSSR count). The van der Waals surface area contributed by atoms with Gasteiger partial charge in [-0.05, 0) is 39.0 Å². The minimum absolute atomic E-state index is 0.0955. The van der Waals surface area contributed by atoms with Gasteiger partial charge in [-0.3, -0.25) is 4.79 Å². The first-order valence-corrected chi connectivity index (χ1v) is 7.12. The number of rotatable bonds is 5. The minimum atomic E-state index is -4.74. The van der Waals surface area contributed by atoms with Gasteiger partial charge in [-0.15, -0.1) is 0 Å². The Bertz CT molecular complexity index is 619. The summed E-state index contributed by atoms with van der Waals surface area (Å²) in [5, 5.41) is 2.48. The summed E-state index contributed by atoms with van der Waals surface area (Å²) < 4.78 is 57.2. The SMILES string of the molecule is CC(C)(C)NC(=O)c1ccc(OC/C(=C/F)CN)cc1C(F)(F)F. The van der Waals surface area contributed by atoms with Gasteiger partial charge in [-0.1, -0.05) is 0 Å². The summed E-state index contributed by atoms with van der Waals surface area (Å²) in [7, 11) is 0. The first kappa shape index (κ1) is 20.0. The Morgan fingerprint density at radius 3 is 2.38 bits per heavy atom. The van der Waals surface area contributed by atoms with Gasteiger partial charge in [0.15, 0.2) is 0 Å². The quantitative estimate of drug-likeness (QED) is 0.802. The average Bonchev–Trinajstić information content (AvgIpc) is 2.45. The lowest BCUT2D eigenvalue weighted by Gasteiger charge is -2.22. The predicted octanol–water partition coefficient (Wildman–Crippen LogP) is 3.42. The van der Waals surface area contributed by atoms with Crippen LogP contribution in [0, 0.1) is 0 Å². The summed E-state index contributed by atoms with van der Waals surface area (Å²) in [6.45, 7) is 4.58. The molecule has 0 aliphatic rings. The normalized spacial score (nSPS) is 12.9. The van der Waals surface area contributed by atoms with E-state index < -0.39 is 28.7 Å². The molecule has 3 N–H and O–H groups in total. The van der Waals surface area contributed by atoms with E-state index in [1.54, 1.807) is 20.8 Å². The van der Waals surface area contributed by atoms with Crippen LogP contribution in [0.15, 0.2) is 30.1 Å². The number of carbonyl (C=O) groups excluding carboxylic acids is 1. The topological polar surface area (TPSA) is 64.3 Å². The van der Waals surface area contributed by atoms with E-state index in [9.17, 15) is 22.4 Å². The molecule has 1 amide bonds. The molecule has 0 bridgehead atoms. The van der Waals surface area contributed by atoms with Crippen LogP contribution < -0.4 is 15.8 Å². The molecule has 1 aromatic rings. The number of nitrogens with one attached hydrogen (secondary N) is 1. The van der Waals surface area contributed by atoms with Gasteiger partial charge in [0.2, 0.25) is 0 Å². The Morgan fingerprint density at radius 1 is 1.29 bits per heavy atom. The number of hydrogen-bond acceptors (Lipinski definition) is 3. The van der Waals surface area contributed by atoms with E-state index in [2.05, 4.69) is 5.32 Å². The van der Waals surface area contributed by atoms with Crippen molar-refractivity contribution in [3.8, 4) is 5.75 Å². The van der Waals surface area contributed by atoms with E-state index in [-0.39, 0.29) is 30.8 Å². The van der Waals surface area contributed by atoms with Crippen LogP contribution in [0.4, 0.5) is 17.6 Å². The maximum atomic E-state index is 13.2. The average molecular weight is 348 g/mol. The largest absolute Gasteiger partial charge is 0.489 e. The Balaban J connectivity index is 3.13. The molecule has 0 heterocycles. The highest BCUT2D eigenvalue weighted by Crippen LogP contribution is 2.34. The Hall–Kier alpha value is -2.09. The molecule has 0 aliphatic carbocycles. The third kappa shape index (κ3) is 5.84. The van der Waals surface area contributed by atoms with Crippen molar-refractivity contribution in [1.82, 2.24) is 5.32 Å². The molecule has 0 aromatic heterocycles. The molecule has 0 fully saturated rings. The number of amides is 1. The van der Waals surface area contributed by atoms with Crippen molar-refractivity contribution in [3.05, 3.63) is 41.2 Å². The van der Waals surface area contributed by atoms with Crippen LogP contribution in [0.3, 0.4) is 0 Å². The van der Waals surface area contributed by atoms with Crippen molar-refractivity contribution in [1.29, 1.82) is 0 Å². The fraction of sp³-hybridized carbons (Fsp3) is 0.438. The van der Waals surface area contributed by atoms with E-state index in [4.69, 9.17) is 10.5 Å². The van der Waals surface area contributed by atoms with Gasteiger partial charge in [0, 0.05) is 17.7 Å². The smallest absolute Gasteiger partial charge is 0.417 e. The summed E-state index contributed by atoms with van der Waals surface area (Å²) in [6.07, 6.45) is -4.49. The van der Waals surface area contributed by atoms with Gasteiger partial charge in [0.05, 0.1) is 17.5 Å². The van der Waals surface area contributed by atoms with E-state index in [0.717, 1.165) is 6.07 Å². The monoisotopic (exact) mass is 348 g/mol. The lowest BCUT2D eigenvalue weighted by molar-refractivity contribution is -0.138. The van der Waals surface area contributed by atoms with Gasteiger partial charge < -0.3 is 15.8 Å². The number of benzene rings is 1. The number of hydrogen-bond donors (Lipinski definition) is 2. The number of nitrogens with two attached hydrogens (primary N) is 1. The minimum Gasteiger partial charge on any atom is -0.489 e. The van der Waals surface area contributed by atoms with Crippen LogP contribution in [-0.2, 0) is 6.18 Å². The molecule has 0 spiro atoms. The number of alkyl halides is 3. The van der Waals surface area contributed by atoms with Crippen LogP contribution in [0.5, 0.6) is 5.75 Å². The zero-order chi connectivity index (χ0) is 18.5. The molecule has 0 aliphatic heterocycles. The van der Waals surface area contributed by atoms with E-state index >= 15 is 0 Å². The molecule has 0 saturated heterocycles. The van der Waals surface area contributed by atoms with Gasteiger partial charge in [0.1, 0.15) is 12.4 Å². The van der Waals surface area contributed by atoms with Crippen molar-refractivity contribution in [3.63, 3.8) is 0 Å². The lowest BCUT2D eigenvalue weighted by Crippen LogP contribution is -2.41. The summed E-state index contributed by atoms with van der Waals surface area (Å²) in [6, 6.07) is 2.96. The van der Waals surface area contributed by atoms with Gasteiger partial charge in [-0.2, -0.15) is 13.2 Å². The molecule has 24 heavy (non-hydrogen) atoms. The zero-order valence-corrected chi connectivity index (χ0v) is 13.6. The second kappa shape index (κ2) is 7.65. The maximum Gasteiger partial charge on any atom is 0.417 e. The number of ether oxygens (including phenoxy) is 1. The highest BCUT2D eigenvalue weighted by atomic mass is 19.4.